The number of rotatable bonds is 4. The maximum atomic E-state index is 13.8. The molecule has 0 saturated heterocycles. The Morgan fingerprint density at radius 3 is 2.68 bits per heavy atom. The molecule has 5 heteroatoms. The average Bonchev–Trinajstić information content (AvgIpc) is 2.37. The van der Waals surface area contributed by atoms with Crippen LogP contribution in [0.25, 0.3) is 0 Å². The third kappa shape index (κ3) is 3.07. The lowest BCUT2D eigenvalue weighted by atomic mass is 10.2. The van der Waals surface area contributed by atoms with E-state index in [0.29, 0.717) is 5.75 Å². The van der Waals surface area contributed by atoms with E-state index in [0.717, 1.165) is 11.6 Å². The van der Waals surface area contributed by atoms with Gasteiger partial charge < -0.3 is 4.74 Å². The molecule has 0 saturated carbocycles. The second kappa shape index (κ2) is 5.48. The SMILES string of the molecule is Cc1cccc(OCc2cccc([N+](=O)[O-])c2F)c1. The number of nitrogens with zero attached hydrogens (tertiary/aromatic N) is 1. The molecule has 0 bridgehead atoms. The van der Waals surface area contributed by atoms with Crippen LogP contribution in [-0.4, -0.2) is 4.92 Å². The zero-order valence-corrected chi connectivity index (χ0v) is 10.3. The predicted octanol–water partition coefficient (Wildman–Crippen LogP) is 3.62. The van der Waals surface area contributed by atoms with Gasteiger partial charge in [0.05, 0.1) is 4.92 Å². The Bertz CT molecular complexity index is 613. The summed E-state index contributed by atoms with van der Waals surface area (Å²) in [4.78, 5) is 9.87. The smallest absolute Gasteiger partial charge is 0.305 e. The number of aryl methyl sites for hydroxylation is 1. The van der Waals surface area contributed by atoms with Gasteiger partial charge in [0.15, 0.2) is 0 Å². The molecule has 0 unspecified atom stereocenters. The summed E-state index contributed by atoms with van der Waals surface area (Å²) in [6.07, 6.45) is 0. The summed E-state index contributed by atoms with van der Waals surface area (Å²) in [5.74, 6) is -0.244. The van der Waals surface area contributed by atoms with Crippen molar-refractivity contribution in [2.24, 2.45) is 0 Å². The van der Waals surface area contributed by atoms with E-state index in [1.807, 2.05) is 25.1 Å². The maximum Gasteiger partial charge on any atom is 0.305 e. The average molecular weight is 261 g/mol. The van der Waals surface area contributed by atoms with E-state index in [1.165, 1.54) is 12.1 Å². The van der Waals surface area contributed by atoms with Crippen LogP contribution < -0.4 is 4.74 Å². The van der Waals surface area contributed by atoms with Gasteiger partial charge in [-0.2, -0.15) is 4.39 Å². The molecule has 0 aromatic heterocycles. The summed E-state index contributed by atoms with van der Waals surface area (Å²) in [6, 6.07) is 11.4. The van der Waals surface area contributed by atoms with Crippen LogP contribution in [0.5, 0.6) is 5.75 Å². The molecule has 4 nitrogen and oxygen atoms in total. The Kier molecular flexibility index (Phi) is 3.75. The van der Waals surface area contributed by atoms with Crippen molar-refractivity contribution in [1.29, 1.82) is 0 Å². The van der Waals surface area contributed by atoms with Crippen molar-refractivity contribution in [2.45, 2.75) is 13.5 Å². The van der Waals surface area contributed by atoms with Crippen LogP contribution in [0.2, 0.25) is 0 Å². The maximum absolute atomic E-state index is 13.8. The molecule has 0 amide bonds. The Morgan fingerprint density at radius 1 is 1.26 bits per heavy atom. The quantitative estimate of drug-likeness (QED) is 0.624. The molecule has 0 aliphatic carbocycles. The second-order valence-corrected chi connectivity index (χ2v) is 4.11. The normalized spacial score (nSPS) is 10.2. The van der Waals surface area contributed by atoms with E-state index in [9.17, 15) is 14.5 Å². The first kappa shape index (κ1) is 13.0. The van der Waals surface area contributed by atoms with Crippen molar-refractivity contribution in [2.75, 3.05) is 0 Å². The van der Waals surface area contributed by atoms with Crippen molar-refractivity contribution in [3.63, 3.8) is 0 Å². The van der Waals surface area contributed by atoms with Crippen molar-refractivity contribution < 1.29 is 14.1 Å². The Morgan fingerprint density at radius 2 is 2.00 bits per heavy atom. The molecule has 0 fully saturated rings. The minimum Gasteiger partial charge on any atom is -0.489 e. The lowest BCUT2D eigenvalue weighted by Gasteiger charge is -2.07. The third-order valence-corrected chi connectivity index (χ3v) is 2.64. The third-order valence-electron chi connectivity index (χ3n) is 2.64. The lowest BCUT2D eigenvalue weighted by Crippen LogP contribution is -2.01. The standard InChI is InChI=1S/C14H12FNO3/c1-10-4-2-6-12(8-10)19-9-11-5-3-7-13(14(11)15)16(17)18/h2-8H,9H2,1H3. The summed E-state index contributed by atoms with van der Waals surface area (Å²) in [5.41, 5.74) is 0.651. The van der Waals surface area contributed by atoms with E-state index in [1.54, 1.807) is 6.07 Å². The minimum atomic E-state index is -0.847. The van der Waals surface area contributed by atoms with Gasteiger partial charge in [-0.25, -0.2) is 0 Å². The molecule has 0 aliphatic rings. The summed E-state index contributed by atoms with van der Waals surface area (Å²) >= 11 is 0. The van der Waals surface area contributed by atoms with Crippen LogP contribution in [0.1, 0.15) is 11.1 Å². The van der Waals surface area contributed by atoms with Crippen LogP contribution in [0, 0.1) is 22.9 Å². The number of nitro groups is 1. The largest absolute Gasteiger partial charge is 0.489 e. The molecule has 0 heterocycles. The van der Waals surface area contributed by atoms with Gasteiger partial charge >= 0.3 is 5.69 Å². The van der Waals surface area contributed by atoms with E-state index < -0.39 is 16.4 Å². The Hall–Kier alpha value is -2.43. The molecule has 0 radical (unpaired) electrons. The fourth-order valence-electron chi connectivity index (χ4n) is 1.68. The summed E-state index contributed by atoms with van der Waals surface area (Å²) in [7, 11) is 0. The highest BCUT2D eigenvalue weighted by molar-refractivity contribution is 5.37. The first-order chi connectivity index (χ1) is 9.08. The van der Waals surface area contributed by atoms with Crippen molar-refractivity contribution in [1.82, 2.24) is 0 Å². The van der Waals surface area contributed by atoms with E-state index in [-0.39, 0.29) is 12.2 Å². The van der Waals surface area contributed by atoms with Crippen LogP contribution in [0.3, 0.4) is 0 Å². The molecule has 98 valence electrons. The first-order valence-corrected chi connectivity index (χ1v) is 5.69. The molecule has 0 atom stereocenters. The van der Waals surface area contributed by atoms with Crippen LogP contribution in [0.15, 0.2) is 42.5 Å². The minimum absolute atomic E-state index is 0.0447. The van der Waals surface area contributed by atoms with Gasteiger partial charge in [0.1, 0.15) is 12.4 Å². The molecule has 2 aromatic rings. The topological polar surface area (TPSA) is 52.4 Å². The van der Waals surface area contributed by atoms with Gasteiger partial charge in [0, 0.05) is 11.6 Å². The van der Waals surface area contributed by atoms with Gasteiger partial charge in [-0.3, -0.25) is 10.1 Å². The highest BCUT2D eigenvalue weighted by Crippen LogP contribution is 2.22. The Labute approximate surface area is 109 Å². The molecule has 0 N–H and O–H groups in total. The molecule has 0 aliphatic heterocycles. The number of ether oxygens (including phenoxy) is 1. The Balaban J connectivity index is 2.16. The highest BCUT2D eigenvalue weighted by atomic mass is 19.1. The van der Waals surface area contributed by atoms with E-state index in [2.05, 4.69) is 0 Å². The molecule has 19 heavy (non-hydrogen) atoms. The lowest BCUT2D eigenvalue weighted by molar-refractivity contribution is -0.387. The molecular weight excluding hydrogens is 249 g/mol. The van der Waals surface area contributed by atoms with Gasteiger partial charge in [-0.15, -0.1) is 0 Å². The monoisotopic (exact) mass is 261 g/mol. The predicted molar refractivity (Wildman–Crippen MR) is 68.6 cm³/mol. The summed E-state index contributed by atoms with van der Waals surface area (Å²) in [5, 5.41) is 10.6. The summed E-state index contributed by atoms with van der Waals surface area (Å²) in [6.45, 7) is 1.87. The van der Waals surface area contributed by atoms with E-state index >= 15 is 0 Å². The molecule has 2 rings (SSSR count). The van der Waals surface area contributed by atoms with Gasteiger partial charge in [0.25, 0.3) is 0 Å². The van der Waals surface area contributed by atoms with Crippen molar-refractivity contribution in [3.05, 3.63) is 69.5 Å². The molecule has 0 spiro atoms. The van der Waals surface area contributed by atoms with Crippen LogP contribution >= 0.6 is 0 Å². The van der Waals surface area contributed by atoms with Crippen molar-refractivity contribution in [3.8, 4) is 5.75 Å². The molecular formula is C14H12FNO3. The van der Waals surface area contributed by atoms with Gasteiger partial charge in [0.2, 0.25) is 5.82 Å². The number of halogens is 1. The number of hydrogen-bond donors (Lipinski definition) is 0. The zero-order valence-electron chi connectivity index (χ0n) is 10.3. The molecule has 2 aromatic carbocycles. The van der Waals surface area contributed by atoms with Crippen molar-refractivity contribution >= 4 is 5.69 Å². The fraction of sp³-hybridized carbons (Fsp3) is 0.143. The zero-order chi connectivity index (χ0) is 13.8. The number of nitro benzene ring substituents is 1. The van der Waals surface area contributed by atoms with E-state index in [4.69, 9.17) is 4.74 Å². The summed E-state index contributed by atoms with van der Waals surface area (Å²) < 4.78 is 19.2. The second-order valence-electron chi connectivity index (χ2n) is 4.11. The van der Waals surface area contributed by atoms with Crippen LogP contribution in [-0.2, 0) is 6.61 Å². The van der Waals surface area contributed by atoms with Gasteiger partial charge in [-0.05, 0) is 24.6 Å². The number of benzene rings is 2. The van der Waals surface area contributed by atoms with Crippen LogP contribution in [0.4, 0.5) is 10.1 Å². The van der Waals surface area contributed by atoms with Gasteiger partial charge in [-0.1, -0.05) is 24.3 Å². The first-order valence-electron chi connectivity index (χ1n) is 5.69. The fourth-order valence-corrected chi connectivity index (χ4v) is 1.68. The highest BCUT2D eigenvalue weighted by Gasteiger charge is 2.17. The number of hydrogen-bond acceptors (Lipinski definition) is 3.